The van der Waals surface area contributed by atoms with Gasteiger partial charge in [-0.15, -0.1) is 0 Å². The van der Waals surface area contributed by atoms with Gasteiger partial charge in [0, 0.05) is 5.69 Å². The van der Waals surface area contributed by atoms with Crippen molar-refractivity contribution >= 4 is 5.69 Å². The van der Waals surface area contributed by atoms with Crippen LogP contribution in [0, 0.1) is 24.1 Å². The van der Waals surface area contributed by atoms with E-state index < -0.39 is 0 Å². The summed E-state index contributed by atoms with van der Waals surface area (Å²) in [5, 5.41) is 11.1. The maximum Gasteiger partial charge on any atom is 0.123 e. The summed E-state index contributed by atoms with van der Waals surface area (Å²) >= 11 is 0. The lowest BCUT2D eigenvalue weighted by Gasteiger charge is -2.04. The zero-order chi connectivity index (χ0) is 8.97. The maximum absolute atomic E-state index is 12.6. The Morgan fingerprint density at radius 3 is 2.92 bits per heavy atom. The number of halogens is 1. The van der Waals surface area contributed by atoms with E-state index in [1.54, 1.807) is 13.0 Å². The van der Waals surface area contributed by atoms with E-state index in [1.807, 2.05) is 6.07 Å². The van der Waals surface area contributed by atoms with E-state index in [0.717, 1.165) is 11.3 Å². The summed E-state index contributed by atoms with van der Waals surface area (Å²) in [6, 6.07) is 6.38. The monoisotopic (exact) mass is 164 g/mol. The lowest BCUT2D eigenvalue weighted by Crippen LogP contribution is -2.00. The van der Waals surface area contributed by atoms with Crippen molar-refractivity contribution in [3.05, 3.63) is 29.6 Å². The standard InChI is InChI=1S/C9H9FN2/c1-7-6-8(10)2-3-9(7)12-5-4-11/h2-3,6,12H,5H2,1H3. The molecule has 0 heterocycles. The van der Waals surface area contributed by atoms with Gasteiger partial charge in [-0.2, -0.15) is 5.26 Å². The third-order valence-electron chi connectivity index (χ3n) is 1.55. The van der Waals surface area contributed by atoms with Gasteiger partial charge in [-0.3, -0.25) is 0 Å². The third kappa shape index (κ3) is 1.96. The number of hydrogen-bond donors (Lipinski definition) is 1. The Morgan fingerprint density at radius 2 is 2.33 bits per heavy atom. The predicted octanol–water partition coefficient (Wildman–Crippen LogP) is 2.07. The number of nitrogens with zero attached hydrogens (tertiary/aromatic N) is 1. The van der Waals surface area contributed by atoms with Crippen LogP contribution in [0.15, 0.2) is 18.2 Å². The maximum atomic E-state index is 12.6. The summed E-state index contributed by atoms with van der Waals surface area (Å²) < 4.78 is 12.6. The van der Waals surface area contributed by atoms with Gasteiger partial charge in [0.25, 0.3) is 0 Å². The molecule has 0 radical (unpaired) electrons. The van der Waals surface area contributed by atoms with Crippen molar-refractivity contribution in [3.8, 4) is 6.07 Å². The molecule has 1 N–H and O–H groups in total. The van der Waals surface area contributed by atoms with Gasteiger partial charge in [0.15, 0.2) is 0 Å². The zero-order valence-corrected chi connectivity index (χ0v) is 6.76. The fourth-order valence-electron chi connectivity index (χ4n) is 0.960. The van der Waals surface area contributed by atoms with Crippen molar-refractivity contribution in [2.45, 2.75) is 6.92 Å². The Kier molecular flexibility index (Phi) is 2.65. The van der Waals surface area contributed by atoms with Gasteiger partial charge >= 0.3 is 0 Å². The van der Waals surface area contributed by atoms with E-state index in [2.05, 4.69) is 5.32 Å². The number of benzene rings is 1. The second kappa shape index (κ2) is 3.72. The van der Waals surface area contributed by atoms with Crippen LogP contribution >= 0.6 is 0 Å². The van der Waals surface area contributed by atoms with Crippen molar-refractivity contribution in [1.29, 1.82) is 5.26 Å². The topological polar surface area (TPSA) is 35.8 Å². The first-order valence-corrected chi connectivity index (χ1v) is 3.61. The van der Waals surface area contributed by atoms with Gasteiger partial charge in [-0.1, -0.05) is 0 Å². The van der Waals surface area contributed by atoms with Gasteiger partial charge in [-0.05, 0) is 30.7 Å². The minimum absolute atomic E-state index is 0.243. The van der Waals surface area contributed by atoms with E-state index in [4.69, 9.17) is 5.26 Å². The smallest absolute Gasteiger partial charge is 0.123 e. The first-order chi connectivity index (χ1) is 5.74. The SMILES string of the molecule is Cc1cc(F)ccc1NCC#N. The predicted molar refractivity (Wildman–Crippen MR) is 45.2 cm³/mol. The van der Waals surface area contributed by atoms with Gasteiger partial charge in [0.05, 0.1) is 6.07 Å². The highest BCUT2D eigenvalue weighted by Gasteiger charge is 1.97. The second-order valence-corrected chi connectivity index (χ2v) is 2.47. The lowest BCUT2D eigenvalue weighted by atomic mass is 10.2. The van der Waals surface area contributed by atoms with Crippen LogP contribution in [0.3, 0.4) is 0 Å². The fourth-order valence-corrected chi connectivity index (χ4v) is 0.960. The van der Waals surface area contributed by atoms with Crippen molar-refractivity contribution in [2.24, 2.45) is 0 Å². The number of anilines is 1. The minimum atomic E-state index is -0.255. The summed E-state index contributed by atoms with van der Waals surface area (Å²) in [6.45, 7) is 2.04. The van der Waals surface area contributed by atoms with Crippen LogP contribution in [-0.4, -0.2) is 6.54 Å². The highest BCUT2D eigenvalue weighted by molar-refractivity contribution is 5.50. The highest BCUT2D eigenvalue weighted by Crippen LogP contribution is 2.14. The van der Waals surface area contributed by atoms with Gasteiger partial charge < -0.3 is 5.32 Å². The largest absolute Gasteiger partial charge is 0.372 e. The summed E-state index contributed by atoms with van der Waals surface area (Å²) in [7, 11) is 0. The summed E-state index contributed by atoms with van der Waals surface area (Å²) in [4.78, 5) is 0. The molecular formula is C9H9FN2. The molecule has 1 aromatic rings. The Hall–Kier alpha value is -1.56. The van der Waals surface area contributed by atoms with Gasteiger partial charge in [-0.25, -0.2) is 4.39 Å². The Labute approximate surface area is 70.6 Å². The Balaban J connectivity index is 2.81. The molecule has 0 bridgehead atoms. The third-order valence-corrected chi connectivity index (χ3v) is 1.55. The zero-order valence-electron chi connectivity index (χ0n) is 6.76. The van der Waals surface area contributed by atoms with Crippen LogP contribution in [0.2, 0.25) is 0 Å². The molecule has 2 nitrogen and oxygen atoms in total. The van der Waals surface area contributed by atoms with Crippen LogP contribution in [0.5, 0.6) is 0 Å². The van der Waals surface area contributed by atoms with Crippen molar-refractivity contribution in [2.75, 3.05) is 11.9 Å². The molecule has 0 unspecified atom stereocenters. The summed E-state index contributed by atoms with van der Waals surface area (Å²) in [5.41, 5.74) is 1.61. The molecule has 62 valence electrons. The highest BCUT2D eigenvalue weighted by atomic mass is 19.1. The molecule has 0 atom stereocenters. The lowest BCUT2D eigenvalue weighted by molar-refractivity contribution is 0.627. The van der Waals surface area contributed by atoms with E-state index in [-0.39, 0.29) is 12.4 Å². The number of aryl methyl sites for hydroxylation is 1. The van der Waals surface area contributed by atoms with Crippen LogP contribution < -0.4 is 5.32 Å². The number of nitrogens with one attached hydrogen (secondary N) is 1. The molecule has 0 saturated heterocycles. The summed E-state index contributed by atoms with van der Waals surface area (Å²) in [5.74, 6) is -0.255. The van der Waals surface area contributed by atoms with Crippen molar-refractivity contribution < 1.29 is 4.39 Å². The van der Waals surface area contributed by atoms with E-state index in [9.17, 15) is 4.39 Å². The van der Waals surface area contributed by atoms with E-state index in [1.165, 1.54) is 12.1 Å². The van der Waals surface area contributed by atoms with E-state index in [0.29, 0.717) is 0 Å². The minimum Gasteiger partial charge on any atom is -0.372 e. The average molecular weight is 164 g/mol. The molecule has 0 aliphatic carbocycles. The van der Waals surface area contributed by atoms with Crippen LogP contribution in [0.4, 0.5) is 10.1 Å². The molecule has 0 fully saturated rings. The van der Waals surface area contributed by atoms with Crippen LogP contribution in [0.1, 0.15) is 5.56 Å². The molecule has 3 heteroatoms. The van der Waals surface area contributed by atoms with Crippen molar-refractivity contribution in [3.63, 3.8) is 0 Å². The number of hydrogen-bond acceptors (Lipinski definition) is 2. The molecule has 0 aromatic heterocycles. The number of rotatable bonds is 2. The average Bonchev–Trinajstić information content (AvgIpc) is 2.03. The van der Waals surface area contributed by atoms with Crippen LogP contribution in [0.25, 0.3) is 0 Å². The fraction of sp³-hybridized carbons (Fsp3) is 0.222. The Morgan fingerprint density at radius 1 is 1.58 bits per heavy atom. The first kappa shape index (κ1) is 8.54. The number of nitriles is 1. The molecule has 0 aliphatic heterocycles. The molecule has 12 heavy (non-hydrogen) atoms. The second-order valence-electron chi connectivity index (χ2n) is 2.47. The molecule has 0 saturated carbocycles. The first-order valence-electron chi connectivity index (χ1n) is 3.61. The summed E-state index contributed by atoms with van der Waals surface area (Å²) in [6.07, 6.45) is 0. The molecular weight excluding hydrogens is 155 g/mol. The molecule has 0 aliphatic rings. The molecule has 0 amide bonds. The van der Waals surface area contributed by atoms with Crippen LogP contribution in [-0.2, 0) is 0 Å². The van der Waals surface area contributed by atoms with Crippen molar-refractivity contribution in [1.82, 2.24) is 0 Å². The Bertz CT molecular complexity index is 315. The normalized spacial score (nSPS) is 9.08. The molecule has 0 spiro atoms. The van der Waals surface area contributed by atoms with Gasteiger partial charge in [0.2, 0.25) is 0 Å². The quantitative estimate of drug-likeness (QED) is 0.679. The molecule has 1 rings (SSSR count). The van der Waals surface area contributed by atoms with E-state index >= 15 is 0 Å². The van der Waals surface area contributed by atoms with Gasteiger partial charge in [0.1, 0.15) is 12.4 Å². The molecule has 1 aromatic carbocycles.